The highest BCUT2D eigenvalue weighted by atomic mass is 16.4. The average Bonchev–Trinajstić information content (AvgIpc) is 2.67. The molecule has 0 spiro atoms. The minimum absolute atomic E-state index is 0.156. The average molecular weight is 289 g/mol. The summed E-state index contributed by atoms with van der Waals surface area (Å²) in [5.74, 6) is 1.22. The second kappa shape index (κ2) is 5.92. The number of hydrogen-bond acceptors (Lipinski definition) is 3. The minimum Gasteiger partial charge on any atom is -0.465 e. The summed E-state index contributed by atoms with van der Waals surface area (Å²) in [5, 5.41) is 9.22. The molecule has 21 heavy (non-hydrogen) atoms. The molecule has 3 heterocycles. The van der Waals surface area contributed by atoms with Gasteiger partial charge in [-0.3, -0.25) is 0 Å². The lowest BCUT2D eigenvalue weighted by atomic mass is 10.0. The van der Waals surface area contributed by atoms with Crippen LogP contribution in [0.1, 0.15) is 43.4 Å². The summed E-state index contributed by atoms with van der Waals surface area (Å²) < 4.78 is 0. The second-order valence-electron chi connectivity index (χ2n) is 6.14. The Morgan fingerprint density at radius 1 is 1.24 bits per heavy atom. The van der Waals surface area contributed by atoms with E-state index in [4.69, 9.17) is 4.98 Å². The molecule has 1 saturated heterocycles. The Hall–Kier alpha value is -1.78. The maximum absolute atomic E-state index is 11.2. The van der Waals surface area contributed by atoms with E-state index < -0.39 is 6.09 Å². The van der Waals surface area contributed by atoms with Crippen LogP contribution in [0.25, 0.3) is 0 Å². The molecule has 0 radical (unpaired) electrons. The Kier molecular flexibility index (Phi) is 3.99. The molecule has 5 nitrogen and oxygen atoms in total. The van der Waals surface area contributed by atoms with Gasteiger partial charge in [0.05, 0.1) is 5.69 Å². The number of fused-ring (bicyclic) bond motifs is 1. The Balaban J connectivity index is 1.85. The molecule has 1 N–H and O–H groups in total. The molecule has 1 unspecified atom stereocenters. The monoisotopic (exact) mass is 289 g/mol. The van der Waals surface area contributed by atoms with Crippen molar-refractivity contribution in [3.8, 4) is 0 Å². The maximum atomic E-state index is 11.2. The number of nitrogens with zero attached hydrogens (tertiary/aromatic N) is 3. The molecule has 2 aliphatic heterocycles. The lowest BCUT2D eigenvalue weighted by Gasteiger charge is -2.28. The maximum Gasteiger partial charge on any atom is 0.407 e. The van der Waals surface area contributed by atoms with Gasteiger partial charge >= 0.3 is 6.09 Å². The molecule has 0 bridgehead atoms. The number of carbonyl (C=O) groups is 1. The van der Waals surface area contributed by atoms with Crippen LogP contribution >= 0.6 is 0 Å². The molecule has 1 aromatic heterocycles. The fraction of sp³-hybridized carbons (Fsp3) is 0.625. The zero-order valence-electron chi connectivity index (χ0n) is 12.6. The van der Waals surface area contributed by atoms with E-state index in [1.807, 2.05) is 0 Å². The Bertz CT molecular complexity index is 526. The zero-order valence-corrected chi connectivity index (χ0v) is 12.6. The van der Waals surface area contributed by atoms with Crippen LogP contribution in [0.2, 0.25) is 0 Å². The van der Waals surface area contributed by atoms with Crippen molar-refractivity contribution in [1.29, 1.82) is 0 Å². The summed E-state index contributed by atoms with van der Waals surface area (Å²) in [7, 11) is 0. The Morgan fingerprint density at radius 2 is 2.00 bits per heavy atom. The van der Waals surface area contributed by atoms with Crippen LogP contribution in [0.5, 0.6) is 0 Å². The smallest absolute Gasteiger partial charge is 0.407 e. The minimum atomic E-state index is -0.828. The van der Waals surface area contributed by atoms with Crippen LogP contribution in [0.3, 0.4) is 0 Å². The zero-order chi connectivity index (χ0) is 14.8. The van der Waals surface area contributed by atoms with E-state index in [9.17, 15) is 9.90 Å². The van der Waals surface area contributed by atoms with Crippen molar-refractivity contribution in [1.82, 2.24) is 9.88 Å². The summed E-state index contributed by atoms with van der Waals surface area (Å²) >= 11 is 0. The quantitative estimate of drug-likeness (QED) is 0.863. The Labute approximate surface area is 125 Å². The van der Waals surface area contributed by atoms with Gasteiger partial charge in [0.1, 0.15) is 5.82 Å². The van der Waals surface area contributed by atoms with Crippen molar-refractivity contribution < 1.29 is 9.90 Å². The predicted octanol–water partition coefficient (Wildman–Crippen LogP) is 2.71. The normalized spacial score (nSPS) is 22.6. The number of pyridine rings is 1. The van der Waals surface area contributed by atoms with Gasteiger partial charge in [-0.25, -0.2) is 9.78 Å². The van der Waals surface area contributed by atoms with Crippen LogP contribution in [0.4, 0.5) is 10.6 Å². The van der Waals surface area contributed by atoms with E-state index in [1.54, 1.807) is 0 Å². The summed E-state index contributed by atoms with van der Waals surface area (Å²) in [5.41, 5.74) is 2.29. The third-order valence-corrected chi connectivity index (χ3v) is 4.56. The van der Waals surface area contributed by atoms with Crippen molar-refractivity contribution >= 4 is 11.9 Å². The molecule has 3 rings (SSSR count). The van der Waals surface area contributed by atoms with Crippen molar-refractivity contribution in [3.63, 3.8) is 0 Å². The lowest BCUT2D eigenvalue weighted by molar-refractivity contribution is 0.144. The molecule has 2 aliphatic rings. The van der Waals surface area contributed by atoms with Crippen LogP contribution < -0.4 is 4.90 Å². The standard InChI is InChI=1S/C16H23N3O2/c1-12-11-19(16(20)21)10-7-13-5-6-14(17-15(12)13)18-8-3-2-4-9-18/h5-6,12H,2-4,7-11H2,1H3,(H,20,21). The number of carboxylic acid groups (broad SMARTS) is 1. The molecule has 114 valence electrons. The van der Waals surface area contributed by atoms with Crippen molar-refractivity contribution in [2.24, 2.45) is 0 Å². The lowest BCUT2D eigenvalue weighted by Crippen LogP contribution is -2.33. The fourth-order valence-electron chi connectivity index (χ4n) is 3.37. The van der Waals surface area contributed by atoms with E-state index in [2.05, 4.69) is 24.0 Å². The molecule has 1 atom stereocenters. The van der Waals surface area contributed by atoms with Gasteiger partial charge in [0.2, 0.25) is 0 Å². The highest BCUT2D eigenvalue weighted by molar-refractivity contribution is 5.65. The molecule has 0 saturated carbocycles. The third kappa shape index (κ3) is 2.96. The molecule has 1 fully saturated rings. The van der Waals surface area contributed by atoms with Gasteiger partial charge < -0.3 is 14.9 Å². The number of hydrogen-bond donors (Lipinski definition) is 1. The number of aromatic nitrogens is 1. The summed E-state index contributed by atoms with van der Waals surface area (Å²) in [6.45, 7) is 5.35. The van der Waals surface area contributed by atoms with Gasteiger partial charge in [0.25, 0.3) is 0 Å². The fourth-order valence-corrected chi connectivity index (χ4v) is 3.37. The van der Waals surface area contributed by atoms with E-state index in [0.717, 1.165) is 31.0 Å². The van der Waals surface area contributed by atoms with Crippen LogP contribution in [0.15, 0.2) is 12.1 Å². The molecule has 1 aromatic rings. The molecular weight excluding hydrogens is 266 g/mol. The molecule has 0 aromatic carbocycles. The summed E-state index contributed by atoms with van der Waals surface area (Å²) in [6.07, 6.45) is 3.72. The highest BCUT2D eigenvalue weighted by Gasteiger charge is 2.25. The number of rotatable bonds is 1. The van der Waals surface area contributed by atoms with Gasteiger partial charge in [-0.15, -0.1) is 0 Å². The number of amides is 1. The van der Waals surface area contributed by atoms with E-state index >= 15 is 0 Å². The molecule has 0 aliphatic carbocycles. The van der Waals surface area contributed by atoms with Gasteiger partial charge in [0.15, 0.2) is 0 Å². The number of piperidine rings is 1. The first kappa shape index (κ1) is 14.2. The third-order valence-electron chi connectivity index (χ3n) is 4.56. The van der Waals surface area contributed by atoms with Gasteiger partial charge in [-0.05, 0) is 37.3 Å². The van der Waals surface area contributed by atoms with E-state index in [-0.39, 0.29) is 5.92 Å². The van der Waals surface area contributed by atoms with E-state index in [0.29, 0.717) is 13.1 Å². The molecular formula is C16H23N3O2. The highest BCUT2D eigenvalue weighted by Crippen LogP contribution is 2.27. The Morgan fingerprint density at radius 3 is 2.71 bits per heavy atom. The topological polar surface area (TPSA) is 56.7 Å². The van der Waals surface area contributed by atoms with E-state index in [1.165, 1.54) is 29.7 Å². The van der Waals surface area contributed by atoms with Gasteiger partial charge in [-0.1, -0.05) is 13.0 Å². The molecule has 5 heteroatoms. The van der Waals surface area contributed by atoms with Crippen molar-refractivity contribution in [2.45, 2.75) is 38.5 Å². The van der Waals surface area contributed by atoms with Crippen molar-refractivity contribution in [3.05, 3.63) is 23.4 Å². The first-order valence-corrected chi connectivity index (χ1v) is 7.88. The number of anilines is 1. The van der Waals surface area contributed by atoms with Crippen LogP contribution in [-0.2, 0) is 6.42 Å². The van der Waals surface area contributed by atoms with Gasteiger partial charge in [-0.2, -0.15) is 0 Å². The largest absolute Gasteiger partial charge is 0.465 e. The second-order valence-corrected chi connectivity index (χ2v) is 6.14. The first-order valence-electron chi connectivity index (χ1n) is 7.88. The predicted molar refractivity (Wildman–Crippen MR) is 82.0 cm³/mol. The molecule has 1 amide bonds. The first-order chi connectivity index (χ1) is 10.1. The summed E-state index contributed by atoms with van der Waals surface area (Å²) in [6, 6.07) is 4.25. The van der Waals surface area contributed by atoms with Gasteiger partial charge in [0, 0.05) is 32.1 Å². The SMILES string of the molecule is CC1CN(C(=O)O)CCc2ccc(N3CCCCC3)nc21. The summed E-state index contributed by atoms with van der Waals surface area (Å²) in [4.78, 5) is 20.0. The van der Waals surface area contributed by atoms with Crippen molar-refractivity contribution in [2.75, 3.05) is 31.1 Å². The van der Waals surface area contributed by atoms with Crippen LogP contribution in [0, 0.1) is 0 Å². The van der Waals surface area contributed by atoms with Crippen LogP contribution in [-0.4, -0.2) is 47.3 Å².